The number of aliphatic carboxylic acids is 1. The third-order valence-corrected chi connectivity index (χ3v) is 1.76. The van der Waals surface area contributed by atoms with Gasteiger partial charge in [0.1, 0.15) is 4.91 Å². The molecule has 5 heteroatoms. The van der Waals surface area contributed by atoms with Crippen LogP contribution < -0.4 is 0 Å². The van der Waals surface area contributed by atoms with Gasteiger partial charge in [-0.3, -0.25) is 0 Å². The van der Waals surface area contributed by atoms with E-state index in [1.54, 1.807) is 0 Å². The molecule has 0 unspecified atom stereocenters. The first kappa shape index (κ1) is 8.16. The Morgan fingerprint density at radius 3 is 1.89 bits per heavy atom. The van der Waals surface area contributed by atoms with Crippen molar-refractivity contribution in [1.29, 1.82) is 0 Å². The van der Waals surface area contributed by atoms with Crippen molar-refractivity contribution in [3.05, 3.63) is 11.5 Å². The molecule has 0 aromatic heterocycles. The standard InChI is InChI=1S/C4H6O4S/c1-3(4(5)6)9(2,7)8/h1H2,2H3,(H,5,6). The van der Waals surface area contributed by atoms with E-state index in [0.717, 1.165) is 6.26 Å². The van der Waals surface area contributed by atoms with Gasteiger partial charge in [0.25, 0.3) is 0 Å². The van der Waals surface area contributed by atoms with Crippen LogP contribution >= 0.6 is 0 Å². The molecule has 0 atom stereocenters. The highest BCUT2D eigenvalue weighted by atomic mass is 32.2. The SMILES string of the molecule is C=C(C(=O)O)S(C)(=O)=O. The zero-order valence-electron chi connectivity index (χ0n) is 4.79. The number of hydrogen-bond acceptors (Lipinski definition) is 3. The van der Waals surface area contributed by atoms with Crippen LogP contribution in [0.1, 0.15) is 0 Å². The summed E-state index contributed by atoms with van der Waals surface area (Å²) in [7, 11) is -3.60. The van der Waals surface area contributed by atoms with Gasteiger partial charge in [-0.15, -0.1) is 0 Å². The summed E-state index contributed by atoms with van der Waals surface area (Å²) in [5, 5.41) is 8.04. The summed E-state index contributed by atoms with van der Waals surface area (Å²) in [5.41, 5.74) is 0. The molecule has 9 heavy (non-hydrogen) atoms. The summed E-state index contributed by atoms with van der Waals surface area (Å²) in [4.78, 5) is 9.09. The minimum absolute atomic E-state index is 0.775. The lowest BCUT2D eigenvalue weighted by Crippen LogP contribution is -2.09. The van der Waals surface area contributed by atoms with Crippen LogP contribution in [0.4, 0.5) is 0 Å². The molecule has 0 spiro atoms. The highest BCUT2D eigenvalue weighted by Crippen LogP contribution is 1.98. The summed E-state index contributed by atoms with van der Waals surface area (Å²) < 4.78 is 20.6. The summed E-state index contributed by atoms with van der Waals surface area (Å²) in [6.45, 7) is 2.84. The number of carboxylic acid groups (broad SMARTS) is 1. The molecule has 52 valence electrons. The number of carboxylic acids is 1. The van der Waals surface area contributed by atoms with Gasteiger partial charge in [0.15, 0.2) is 9.84 Å². The molecule has 0 radical (unpaired) electrons. The fourth-order valence-corrected chi connectivity index (χ4v) is 0.476. The van der Waals surface area contributed by atoms with Gasteiger partial charge in [-0.05, 0) is 0 Å². The quantitative estimate of drug-likeness (QED) is 0.545. The minimum atomic E-state index is -3.60. The molecule has 0 amide bonds. The van der Waals surface area contributed by atoms with Gasteiger partial charge in [-0.2, -0.15) is 0 Å². The van der Waals surface area contributed by atoms with Crippen molar-refractivity contribution in [1.82, 2.24) is 0 Å². The van der Waals surface area contributed by atoms with Crippen molar-refractivity contribution in [2.75, 3.05) is 6.26 Å². The number of sulfone groups is 1. The largest absolute Gasteiger partial charge is 0.477 e. The van der Waals surface area contributed by atoms with E-state index in [1.807, 2.05) is 0 Å². The van der Waals surface area contributed by atoms with Gasteiger partial charge in [-0.1, -0.05) is 6.58 Å². The lowest BCUT2D eigenvalue weighted by Gasteiger charge is -1.92. The highest BCUT2D eigenvalue weighted by molar-refractivity contribution is 7.95. The summed E-state index contributed by atoms with van der Waals surface area (Å²) in [5.74, 6) is -1.50. The van der Waals surface area contributed by atoms with Crippen molar-refractivity contribution >= 4 is 15.8 Å². The average Bonchev–Trinajstić information content (AvgIpc) is 1.62. The summed E-state index contributed by atoms with van der Waals surface area (Å²) in [6, 6.07) is 0. The van der Waals surface area contributed by atoms with Crippen LogP contribution in [0.2, 0.25) is 0 Å². The second-order valence-corrected chi connectivity index (χ2v) is 3.54. The van der Waals surface area contributed by atoms with Gasteiger partial charge in [0.2, 0.25) is 0 Å². The third-order valence-electron chi connectivity index (χ3n) is 0.686. The van der Waals surface area contributed by atoms with Gasteiger partial charge in [0, 0.05) is 6.26 Å². The second kappa shape index (κ2) is 2.18. The van der Waals surface area contributed by atoms with Crippen molar-refractivity contribution in [2.24, 2.45) is 0 Å². The van der Waals surface area contributed by atoms with E-state index in [0.29, 0.717) is 0 Å². The number of carbonyl (C=O) groups is 1. The minimum Gasteiger partial charge on any atom is -0.477 e. The van der Waals surface area contributed by atoms with Crippen molar-refractivity contribution in [3.8, 4) is 0 Å². The monoisotopic (exact) mass is 150 g/mol. The van der Waals surface area contributed by atoms with Gasteiger partial charge >= 0.3 is 5.97 Å². The zero-order valence-corrected chi connectivity index (χ0v) is 5.60. The molecule has 0 aromatic carbocycles. The summed E-state index contributed by atoms with van der Waals surface area (Å²) in [6.07, 6.45) is 0.795. The first-order valence-corrected chi connectivity index (χ1v) is 3.87. The molecule has 0 aliphatic heterocycles. The molecule has 0 bridgehead atoms. The Hall–Kier alpha value is -0.840. The van der Waals surface area contributed by atoms with E-state index >= 15 is 0 Å². The summed E-state index contributed by atoms with van der Waals surface area (Å²) >= 11 is 0. The lowest BCUT2D eigenvalue weighted by atomic mass is 10.7. The van der Waals surface area contributed by atoms with Crippen molar-refractivity contribution in [3.63, 3.8) is 0 Å². The molecule has 0 aliphatic rings. The molecular weight excluding hydrogens is 144 g/mol. The maximum atomic E-state index is 10.3. The number of rotatable bonds is 2. The second-order valence-electron chi connectivity index (χ2n) is 1.50. The van der Waals surface area contributed by atoms with Crippen LogP contribution in [-0.4, -0.2) is 25.7 Å². The normalized spacial score (nSPS) is 10.8. The Kier molecular flexibility index (Phi) is 1.98. The van der Waals surface area contributed by atoms with E-state index in [1.165, 1.54) is 0 Å². The van der Waals surface area contributed by atoms with Crippen LogP contribution in [-0.2, 0) is 14.6 Å². The predicted octanol–water partition coefficient (Wildman–Crippen LogP) is -0.371. The van der Waals surface area contributed by atoms with Crippen LogP contribution in [0.3, 0.4) is 0 Å². The van der Waals surface area contributed by atoms with Crippen LogP contribution in [0.25, 0.3) is 0 Å². The molecule has 0 rings (SSSR count). The molecule has 0 heterocycles. The third kappa shape index (κ3) is 2.27. The van der Waals surface area contributed by atoms with E-state index in [2.05, 4.69) is 6.58 Å². The molecule has 0 saturated carbocycles. The fraction of sp³-hybridized carbons (Fsp3) is 0.250. The Morgan fingerprint density at radius 2 is 1.89 bits per heavy atom. The van der Waals surface area contributed by atoms with E-state index in [4.69, 9.17) is 5.11 Å². The molecule has 0 saturated heterocycles. The van der Waals surface area contributed by atoms with Crippen molar-refractivity contribution < 1.29 is 18.3 Å². The van der Waals surface area contributed by atoms with Crippen LogP contribution in [0.5, 0.6) is 0 Å². The molecule has 4 nitrogen and oxygen atoms in total. The van der Waals surface area contributed by atoms with Gasteiger partial charge in [-0.25, -0.2) is 13.2 Å². The Morgan fingerprint density at radius 1 is 1.56 bits per heavy atom. The molecule has 0 fully saturated rings. The van der Waals surface area contributed by atoms with Gasteiger partial charge in [0.05, 0.1) is 0 Å². The Bertz CT molecular complexity index is 235. The van der Waals surface area contributed by atoms with Crippen LogP contribution in [0, 0.1) is 0 Å². The molecule has 0 aliphatic carbocycles. The zero-order chi connectivity index (χ0) is 7.65. The highest BCUT2D eigenvalue weighted by Gasteiger charge is 2.15. The first-order chi connectivity index (χ1) is 3.85. The number of hydrogen-bond donors (Lipinski definition) is 1. The smallest absolute Gasteiger partial charge is 0.346 e. The Balaban J connectivity index is 4.66. The fourth-order valence-electron chi connectivity index (χ4n) is 0.159. The lowest BCUT2D eigenvalue weighted by molar-refractivity contribution is -0.131. The van der Waals surface area contributed by atoms with E-state index in [-0.39, 0.29) is 0 Å². The average molecular weight is 150 g/mol. The Labute approximate surface area is 52.7 Å². The predicted molar refractivity (Wildman–Crippen MR) is 31.6 cm³/mol. The van der Waals surface area contributed by atoms with Crippen molar-refractivity contribution in [2.45, 2.75) is 0 Å². The molecule has 1 N–H and O–H groups in total. The maximum Gasteiger partial charge on any atom is 0.346 e. The van der Waals surface area contributed by atoms with Gasteiger partial charge < -0.3 is 5.11 Å². The topological polar surface area (TPSA) is 71.4 Å². The van der Waals surface area contributed by atoms with Crippen LogP contribution in [0.15, 0.2) is 11.5 Å². The van der Waals surface area contributed by atoms with E-state index in [9.17, 15) is 13.2 Å². The van der Waals surface area contributed by atoms with E-state index < -0.39 is 20.7 Å². The molecular formula is C4H6O4S. The maximum absolute atomic E-state index is 10.3. The molecule has 0 aromatic rings. The first-order valence-electron chi connectivity index (χ1n) is 1.98.